The number of carbonyl (C=O) groups is 3. The maximum atomic E-state index is 10.8. The van der Waals surface area contributed by atoms with Crippen molar-refractivity contribution in [1.29, 1.82) is 0 Å². The Labute approximate surface area is 208 Å². The minimum atomic E-state index is 0.247. The third-order valence-corrected chi connectivity index (χ3v) is 5.26. The van der Waals surface area contributed by atoms with Crippen molar-refractivity contribution in [2.45, 2.75) is 65.2 Å². The van der Waals surface area contributed by atoms with Crippen LogP contribution in [0.15, 0.2) is 51.9 Å². The third-order valence-electron chi connectivity index (χ3n) is 4.80. The van der Waals surface area contributed by atoms with Crippen LogP contribution in [0.1, 0.15) is 79.4 Å². The molecule has 0 spiro atoms. The molecule has 2 aromatic rings. The van der Waals surface area contributed by atoms with Gasteiger partial charge in [-0.2, -0.15) is 0 Å². The van der Waals surface area contributed by atoms with Gasteiger partial charge in [-0.3, -0.25) is 4.79 Å². The van der Waals surface area contributed by atoms with Gasteiger partial charge in [0.2, 0.25) is 0 Å². The summed E-state index contributed by atoms with van der Waals surface area (Å²) in [6, 6.07) is 16.1. The predicted octanol–water partition coefficient (Wildman–Crippen LogP) is 7.88. The summed E-state index contributed by atoms with van der Waals surface area (Å²) in [6.45, 7) is 3.27. The average molecular weight is 564 g/mol. The smallest absolute Gasteiger partial charge is 0.150 e. The van der Waals surface area contributed by atoms with Crippen LogP contribution < -0.4 is 0 Å². The number of Topliss-reactive ketones (excluding diaryl/α,β-unsaturated/α-hetero) is 2. The average Bonchev–Trinajstić information content (AvgIpc) is 2.74. The molecule has 32 heavy (non-hydrogen) atoms. The number of aryl methyl sites for hydroxylation is 2. The number of unbranched alkanes of at least 4 members (excludes halogenated alkanes) is 2. The van der Waals surface area contributed by atoms with Crippen LogP contribution >= 0.6 is 31.9 Å². The second kappa shape index (κ2) is 16.7. The number of rotatable bonds is 12. The molecule has 0 heterocycles. The van der Waals surface area contributed by atoms with Crippen LogP contribution in [0, 0.1) is 0 Å². The van der Waals surface area contributed by atoms with Crippen molar-refractivity contribution in [3.05, 3.63) is 74.2 Å². The van der Waals surface area contributed by atoms with Crippen molar-refractivity contribution >= 4 is 55.8 Å². The Morgan fingerprint density at radius 3 is 1.66 bits per heavy atom. The molecule has 0 unspecified atom stereocenters. The Bertz CT molecular complexity index is 899. The Kier molecular flexibility index (Phi) is 14.7. The fourth-order valence-electron chi connectivity index (χ4n) is 3.19. The van der Waals surface area contributed by atoms with Crippen molar-refractivity contribution in [1.82, 2.24) is 0 Å². The van der Waals surface area contributed by atoms with Crippen molar-refractivity contribution in [2.75, 3.05) is 0 Å². The Morgan fingerprint density at radius 2 is 1.22 bits per heavy atom. The van der Waals surface area contributed by atoms with E-state index in [2.05, 4.69) is 56.1 Å². The topological polar surface area (TPSA) is 51.2 Å². The number of carbonyl (C=O) groups excluding carboxylic acids is 3. The molecule has 0 bridgehead atoms. The predicted molar refractivity (Wildman–Crippen MR) is 141 cm³/mol. The van der Waals surface area contributed by atoms with Crippen molar-refractivity contribution < 1.29 is 14.4 Å². The lowest BCUT2D eigenvalue weighted by molar-refractivity contribution is -0.117. The molecule has 0 aliphatic heterocycles. The molecule has 0 N–H and O–H groups in total. The summed E-state index contributed by atoms with van der Waals surface area (Å²) in [5, 5.41) is 0. The monoisotopic (exact) mass is 562 g/mol. The molecule has 0 aliphatic rings. The summed E-state index contributed by atoms with van der Waals surface area (Å²) in [5.41, 5.74) is 4.39. The highest BCUT2D eigenvalue weighted by Crippen LogP contribution is 2.19. The molecule has 0 radical (unpaired) electrons. The number of ketones is 2. The number of halogens is 2. The van der Waals surface area contributed by atoms with Gasteiger partial charge in [0.1, 0.15) is 17.9 Å². The lowest BCUT2D eigenvalue weighted by atomic mass is 10.0. The van der Waals surface area contributed by atoms with Crippen LogP contribution in [0.2, 0.25) is 0 Å². The zero-order valence-corrected chi connectivity index (χ0v) is 22.1. The molecule has 0 aromatic heterocycles. The van der Waals surface area contributed by atoms with Gasteiger partial charge in [-0.1, -0.05) is 42.5 Å². The standard InChI is InChI=1S/C14H16Br2O.C13H16O2/c1-11(17)5-2-3-6-12-7-4-8-13(9-12)10-14(15)16;1-11(15)5-2-3-6-12-7-4-8-13(9-12)10-14/h4,7-10H,2-3,5-6H2,1H3;4,7-10H,2-3,5-6H2,1H3. The Balaban J connectivity index is 0.000000323. The zero-order chi connectivity index (χ0) is 23.8. The largest absolute Gasteiger partial charge is 0.300 e. The number of benzene rings is 2. The Morgan fingerprint density at radius 1 is 0.750 bits per heavy atom. The van der Waals surface area contributed by atoms with E-state index in [9.17, 15) is 14.4 Å². The summed E-state index contributed by atoms with van der Waals surface area (Å²) >= 11 is 6.71. The number of hydrogen-bond donors (Lipinski definition) is 0. The van der Waals surface area contributed by atoms with E-state index < -0.39 is 0 Å². The van der Waals surface area contributed by atoms with Gasteiger partial charge in [0.15, 0.2) is 0 Å². The van der Waals surface area contributed by atoms with Gasteiger partial charge in [0.05, 0.1) is 3.39 Å². The van der Waals surface area contributed by atoms with Gasteiger partial charge >= 0.3 is 0 Å². The molecule has 0 fully saturated rings. The maximum Gasteiger partial charge on any atom is 0.150 e. The fraction of sp³-hybridized carbons (Fsp3) is 0.370. The molecule has 0 saturated carbocycles. The molecule has 0 aliphatic carbocycles. The van der Waals surface area contributed by atoms with Crippen LogP contribution in [0.5, 0.6) is 0 Å². The molecular formula is C27H32Br2O3. The van der Waals surface area contributed by atoms with Crippen molar-refractivity contribution in [2.24, 2.45) is 0 Å². The Hall–Kier alpha value is -1.85. The first-order chi connectivity index (χ1) is 15.3. The highest BCUT2D eigenvalue weighted by Gasteiger charge is 1.98. The second-order valence-corrected chi connectivity index (χ2v) is 10.6. The first-order valence-electron chi connectivity index (χ1n) is 10.9. The molecule has 5 heteroatoms. The van der Waals surface area contributed by atoms with Gasteiger partial charge in [0.25, 0.3) is 0 Å². The van der Waals surface area contributed by atoms with E-state index in [1.54, 1.807) is 19.9 Å². The minimum Gasteiger partial charge on any atom is -0.300 e. The minimum absolute atomic E-state index is 0.247. The highest BCUT2D eigenvalue weighted by molar-refractivity contribution is 9.28. The summed E-state index contributed by atoms with van der Waals surface area (Å²) in [4.78, 5) is 32.1. The van der Waals surface area contributed by atoms with Gasteiger partial charge in [-0.05, 0) is 113 Å². The van der Waals surface area contributed by atoms with Crippen molar-refractivity contribution in [3.63, 3.8) is 0 Å². The van der Waals surface area contributed by atoms with Crippen LogP contribution in [0.3, 0.4) is 0 Å². The van der Waals surface area contributed by atoms with Gasteiger partial charge in [-0.15, -0.1) is 0 Å². The van der Waals surface area contributed by atoms with Crippen LogP contribution in [-0.2, 0) is 22.4 Å². The summed E-state index contributed by atoms with van der Waals surface area (Å²) in [6.07, 6.45) is 10.2. The van der Waals surface area contributed by atoms with E-state index in [1.807, 2.05) is 24.3 Å². The maximum absolute atomic E-state index is 10.8. The van der Waals surface area contributed by atoms with E-state index >= 15 is 0 Å². The molecular weight excluding hydrogens is 532 g/mol. The number of aldehydes is 1. The van der Waals surface area contributed by atoms with Crippen LogP contribution in [0.4, 0.5) is 0 Å². The van der Waals surface area contributed by atoms with E-state index in [0.717, 1.165) is 53.8 Å². The first kappa shape index (κ1) is 28.2. The summed E-state index contributed by atoms with van der Waals surface area (Å²) in [5.74, 6) is 0.529. The quantitative estimate of drug-likeness (QED) is 0.195. The van der Waals surface area contributed by atoms with Gasteiger partial charge < -0.3 is 9.59 Å². The zero-order valence-electron chi connectivity index (χ0n) is 18.9. The SMILES string of the molecule is CC(=O)CCCCc1cccc(C=C(Br)Br)c1.CC(=O)CCCCc1cccc(C=O)c1. The lowest BCUT2D eigenvalue weighted by Gasteiger charge is -2.02. The molecule has 2 rings (SSSR count). The van der Waals surface area contributed by atoms with Crippen LogP contribution in [0.25, 0.3) is 6.08 Å². The number of hydrogen-bond acceptors (Lipinski definition) is 3. The normalized spacial score (nSPS) is 10.0. The lowest BCUT2D eigenvalue weighted by Crippen LogP contribution is -1.92. The third kappa shape index (κ3) is 14.3. The first-order valence-corrected chi connectivity index (χ1v) is 12.5. The molecule has 172 valence electrons. The second-order valence-electron chi connectivity index (χ2n) is 7.86. The molecule has 0 atom stereocenters. The molecule has 0 saturated heterocycles. The summed E-state index contributed by atoms with van der Waals surface area (Å²) in [7, 11) is 0. The van der Waals surface area contributed by atoms with E-state index in [0.29, 0.717) is 12.8 Å². The molecule has 3 nitrogen and oxygen atoms in total. The van der Waals surface area contributed by atoms with Crippen molar-refractivity contribution in [3.8, 4) is 0 Å². The van der Waals surface area contributed by atoms with E-state index in [4.69, 9.17) is 0 Å². The van der Waals surface area contributed by atoms with Gasteiger partial charge in [-0.25, -0.2) is 0 Å². The molecule has 0 amide bonds. The highest BCUT2D eigenvalue weighted by atomic mass is 79.9. The fourth-order valence-corrected chi connectivity index (χ4v) is 3.72. The van der Waals surface area contributed by atoms with E-state index in [-0.39, 0.29) is 11.6 Å². The van der Waals surface area contributed by atoms with E-state index in [1.165, 1.54) is 16.7 Å². The van der Waals surface area contributed by atoms with Crippen LogP contribution in [-0.4, -0.2) is 17.9 Å². The van der Waals surface area contributed by atoms with Gasteiger partial charge in [0, 0.05) is 18.4 Å². The molecule has 2 aromatic carbocycles. The summed E-state index contributed by atoms with van der Waals surface area (Å²) < 4.78 is 0.943.